The van der Waals surface area contributed by atoms with Gasteiger partial charge in [-0.15, -0.1) is 0 Å². The Morgan fingerprint density at radius 3 is 2.48 bits per heavy atom. The second-order valence-electron chi connectivity index (χ2n) is 4.16. The molecule has 0 aliphatic heterocycles. The Morgan fingerprint density at radius 2 is 1.86 bits per heavy atom. The molecule has 3 N–H and O–H groups in total. The molecule has 0 bridgehead atoms. The molecule has 0 fully saturated rings. The van der Waals surface area contributed by atoms with E-state index in [-0.39, 0.29) is 22.7 Å². The van der Waals surface area contributed by atoms with Crippen molar-refractivity contribution in [1.29, 1.82) is 0 Å². The van der Waals surface area contributed by atoms with E-state index in [1.807, 2.05) is 0 Å². The molecular formula is C14H11F3N2O2. The van der Waals surface area contributed by atoms with Gasteiger partial charge >= 0.3 is 0 Å². The van der Waals surface area contributed by atoms with Crippen LogP contribution in [0, 0.1) is 17.5 Å². The Morgan fingerprint density at radius 1 is 1.14 bits per heavy atom. The van der Waals surface area contributed by atoms with Gasteiger partial charge in [0.2, 0.25) is 0 Å². The highest BCUT2D eigenvalue weighted by atomic mass is 19.1. The van der Waals surface area contributed by atoms with Crippen molar-refractivity contribution in [3.63, 3.8) is 0 Å². The van der Waals surface area contributed by atoms with Gasteiger partial charge < -0.3 is 15.8 Å². The Kier molecular flexibility index (Phi) is 4.02. The van der Waals surface area contributed by atoms with Gasteiger partial charge in [-0.3, -0.25) is 4.79 Å². The number of anilines is 2. The summed E-state index contributed by atoms with van der Waals surface area (Å²) in [5.41, 5.74) is 4.89. The molecule has 0 saturated heterocycles. The Bertz CT molecular complexity index is 682. The second-order valence-corrected chi connectivity index (χ2v) is 4.16. The van der Waals surface area contributed by atoms with Gasteiger partial charge in [0.25, 0.3) is 5.91 Å². The SMILES string of the molecule is COc1cc(C(=O)Nc2c(N)cc(F)cc2F)ccc1F. The van der Waals surface area contributed by atoms with Crippen molar-refractivity contribution in [3.8, 4) is 5.75 Å². The molecule has 0 heterocycles. The number of ether oxygens (including phenoxy) is 1. The van der Waals surface area contributed by atoms with E-state index in [9.17, 15) is 18.0 Å². The lowest BCUT2D eigenvalue weighted by molar-refractivity contribution is 0.102. The average molecular weight is 296 g/mol. The molecule has 2 aromatic carbocycles. The quantitative estimate of drug-likeness (QED) is 0.856. The van der Waals surface area contributed by atoms with Crippen LogP contribution in [0.25, 0.3) is 0 Å². The third-order valence-corrected chi connectivity index (χ3v) is 2.74. The summed E-state index contributed by atoms with van der Waals surface area (Å²) < 4.78 is 44.5. The number of nitrogens with two attached hydrogens (primary N) is 1. The fourth-order valence-corrected chi connectivity index (χ4v) is 1.71. The van der Waals surface area contributed by atoms with Crippen LogP contribution in [0.5, 0.6) is 5.75 Å². The molecule has 0 atom stereocenters. The third kappa shape index (κ3) is 3.07. The third-order valence-electron chi connectivity index (χ3n) is 2.74. The maximum atomic E-state index is 13.6. The summed E-state index contributed by atoms with van der Waals surface area (Å²) in [6.07, 6.45) is 0. The first kappa shape index (κ1) is 14.7. The predicted octanol–water partition coefficient (Wildman–Crippen LogP) is 2.95. The smallest absolute Gasteiger partial charge is 0.255 e. The molecule has 0 aromatic heterocycles. The number of benzene rings is 2. The van der Waals surface area contributed by atoms with Crippen molar-refractivity contribution in [3.05, 3.63) is 53.3 Å². The summed E-state index contributed by atoms with van der Waals surface area (Å²) in [7, 11) is 1.25. The molecule has 7 heteroatoms. The first-order chi connectivity index (χ1) is 9.92. The van der Waals surface area contributed by atoms with E-state index >= 15 is 0 Å². The normalized spacial score (nSPS) is 10.3. The molecule has 0 unspecified atom stereocenters. The fraction of sp³-hybridized carbons (Fsp3) is 0.0714. The first-order valence-electron chi connectivity index (χ1n) is 5.81. The Balaban J connectivity index is 2.30. The minimum atomic E-state index is -1.00. The molecule has 110 valence electrons. The van der Waals surface area contributed by atoms with Crippen molar-refractivity contribution >= 4 is 17.3 Å². The highest BCUT2D eigenvalue weighted by molar-refractivity contribution is 6.06. The number of hydrogen-bond donors (Lipinski definition) is 2. The van der Waals surface area contributed by atoms with Gasteiger partial charge in [0, 0.05) is 11.6 Å². The van der Waals surface area contributed by atoms with E-state index in [1.54, 1.807) is 0 Å². The largest absolute Gasteiger partial charge is 0.494 e. The number of carbonyl (C=O) groups excluding carboxylic acids is 1. The minimum Gasteiger partial charge on any atom is -0.494 e. The van der Waals surface area contributed by atoms with Gasteiger partial charge in [0.05, 0.1) is 12.8 Å². The predicted molar refractivity (Wildman–Crippen MR) is 71.7 cm³/mol. The van der Waals surface area contributed by atoms with Crippen LogP contribution in [0.3, 0.4) is 0 Å². The Hall–Kier alpha value is -2.70. The van der Waals surface area contributed by atoms with E-state index in [4.69, 9.17) is 10.5 Å². The summed E-state index contributed by atoms with van der Waals surface area (Å²) >= 11 is 0. The highest BCUT2D eigenvalue weighted by Gasteiger charge is 2.15. The van der Waals surface area contributed by atoms with Crippen LogP contribution < -0.4 is 15.8 Å². The standard InChI is InChI=1S/C14H11F3N2O2/c1-21-12-4-7(2-3-9(12)16)14(20)19-13-10(17)5-8(15)6-11(13)18/h2-6H,18H2,1H3,(H,19,20). The van der Waals surface area contributed by atoms with Crippen molar-refractivity contribution < 1.29 is 22.7 Å². The zero-order valence-electron chi connectivity index (χ0n) is 10.9. The number of hydrogen-bond acceptors (Lipinski definition) is 3. The van der Waals surface area contributed by atoms with Crippen LogP contribution in [0.15, 0.2) is 30.3 Å². The number of rotatable bonds is 3. The zero-order chi connectivity index (χ0) is 15.6. The summed E-state index contributed by atoms with van der Waals surface area (Å²) in [5, 5.41) is 2.21. The molecule has 0 saturated carbocycles. The summed E-state index contributed by atoms with van der Waals surface area (Å²) in [6, 6.07) is 4.87. The minimum absolute atomic E-state index is 0.0383. The van der Waals surface area contributed by atoms with Crippen LogP contribution in [-0.2, 0) is 0 Å². The van der Waals surface area contributed by atoms with Crippen molar-refractivity contribution in [2.24, 2.45) is 0 Å². The van der Waals surface area contributed by atoms with Crippen molar-refractivity contribution in [2.45, 2.75) is 0 Å². The van der Waals surface area contributed by atoms with E-state index in [2.05, 4.69) is 5.32 Å². The fourth-order valence-electron chi connectivity index (χ4n) is 1.71. The zero-order valence-corrected chi connectivity index (χ0v) is 10.9. The molecule has 4 nitrogen and oxygen atoms in total. The lowest BCUT2D eigenvalue weighted by Crippen LogP contribution is -2.15. The molecule has 2 rings (SSSR count). The first-order valence-corrected chi connectivity index (χ1v) is 5.81. The van der Waals surface area contributed by atoms with Crippen LogP contribution in [0.4, 0.5) is 24.5 Å². The molecule has 21 heavy (non-hydrogen) atoms. The lowest BCUT2D eigenvalue weighted by Gasteiger charge is -2.10. The molecule has 0 radical (unpaired) electrons. The summed E-state index contributed by atoms with van der Waals surface area (Å²) in [6.45, 7) is 0. The van der Waals surface area contributed by atoms with Gasteiger partial charge in [-0.25, -0.2) is 13.2 Å². The van der Waals surface area contributed by atoms with Crippen molar-refractivity contribution in [1.82, 2.24) is 0 Å². The molecular weight excluding hydrogens is 285 g/mol. The number of nitrogen functional groups attached to an aromatic ring is 1. The number of nitrogens with one attached hydrogen (secondary N) is 1. The van der Waals surface area contributed by atoms with Gasteiger partial charge in [-0.05, 0) is 24.3 Å². The van der Waals surface area contributed by atoms with E-state index in [1.165, 1.54) is 13.2 Å². The summed E-state index contributed by atoms with van der Waals surface area (Å²) in [5.74, 6) is -3.36. The Labute approximate surface area is 118 Å². The number of methoxy groups -OCH3 is 1. The molecule has 0 aliphatic carbocycles. The van der Waals surface area contributed by atoms with Crippen molar-refractivity contribution in [2.75, 3.05) is 18.2 Å². The lowest BCUT2D eigenvalue weighted by atomic mass is 10.1. The second kappa shape index (κ2) is 5.74. The van der Waals surface area contributed by atoms with Gasteiger partial charge in [0.1, 0.15) is 11.5 Å². The van der Waals surface area contributed by atoms with E-state index < -0.39 is 23.4 Å². The van der Waals surface area contributed by atoms with E-state index in [0.29, 0.717) is 6.07 Å². The van der Waals surface area contributed by atoms with Gasteiger partial charge in [0.15, 0.2) is 17.4 Å². The molecule has 0 spiro atoms. The maximum Gasteiger partial charge on any atom is 0.255 e. The average Bonchev–Trinajstić information content (AvgIpc) is 2.43. The van der Waals surface area contributed by atoms with Crippen LogP contribution in [-0.4, -0.2) is 13.0 Å². The molecule has 0 aliphatic rings. The van der Waals surface area contributed by atoms with Crippen LogP contribution >= 0.6 is 0 Å². The summed E-state index contributed by atoms with van der Waals surface area (Å²) in [4.78, 5) is 12.0. The number of halogens is 3. The number of amides is 1. The maximum absolute atomic E-state index is 13.6. The molecule has 2 aromatic rings. The monoisotopic (exact) mass is 296 g/mol. The van der Waals surface area contributed by atoms with Crippen LogP contribution in [0.2, 0.25) is 0 Å². The van der Waals surface area contributed by atoms with Crippen LogP contribution in [0.1, 0.15) is 10.4 Å². The highest BCUT2D eigenvalue weighted by Crippen LogP contribution is 2.25. The molecule has 1 amide bonds. The van der Waals surface area contributed by atoms with Gasteiger partial charge in [-0.2, -0.15) is 0 Å². The van der Waals surface area contributed by atoms with Gasteiger partial charge in [-0.1, -0.05) is 0 Å². The number of carbonyl (C=O) groups is 1. The van der Waals surface area contributed by atoms with E-state index in [0.717, 1.165) is 18.2 Å². The topological polar surface area (TPSA) is 64.3 Å².